The molecule has 6 heteroatoms. The summed E-state index contributed by atoms with van der Waals surface area (Å²) >= 11 is 0. The summed E-state index contributed by atoms with van der Waals surface area (Å²) in [5, 5.41) is 10.8. The molecular weight excluding hydrogens is 278 g/mol. The Labute approximate surface area is 128 Å². The lowest BCUT2D eigenvalue weighted by molar-refractivity contribution is 0.102. The Bertz CT molecular complexity index is 853. The van der Waals surface area contributed by atoms with Gasteiger partial charge in [-0.05, 0) is 42.7 Å². The van der Waals surface area contributed by atoms with Gasteiger partial charge in [0.15, 0.2) is 5.65 Å². The maximum Gasteiger partial charge on any atom is 0.258 e. The lowest BCUT2D eigenvalue weighted by Crippen LogP contribution is -2.13. The fourth-order valence-corrected chi connectivity index (χ4v) is 2.44. The van der Waals surface area contributed by atoms with Gasteiger partial charge in [-0.25, -0.2) is 9.67 Å². The van der Waals surface area contributed by atoms with Gasteiger partial charge in [0.1, 0.15) is 5.52 Å². The van der Waals surface area contributed by atoms with E-state index >= 15 is 0 Å². The number of anilines is 1. The van der Waals surface area contributed by atoms with Crippen LogP contribution in [-0.2, 0) is 13.5 Å². The number of fused-ring (bicyclic) bond motifs is 1. The number of hydrogen-bond donors (Lipinski definition) is 1. The SMILES string of the molecule is CCc1cc(NC(=O)c2ccnc3c2nnn3C)ccc1C. The molecule has 0 aliphatic carbocycles. The first-order valence-corrected chi connectivity index (χ1v) is 7.15. The number of nitrogens with one attached hydrogen (secondary N) is 1. The molecule has 1 aromatic carbocycles. The highest BCUT2D eigenvalue weighted by Gasteiger charge is 2.15. The first-order valence-electron chi connectivity index (χ1n) is 7.15. The van der Waals surface area contributed by atoms with Crippen molar-refractivity contribution in [1.29, 1.82) is 0 Å². The van der Waals surface area contributed by atoms with Crippen LogP contribution in [0.25, 0.3) is 11.2 Å². The highest BCUT2D eigenvalue weighted by Crippen LogP contribution is 2.18. The zero-order chi connectivity index (χ0) is 15.7. The van der Waals surface area contributed by atoms with E-state index in [1.54, 1.807) is 24.0 Å². The van der Waals surface area contributed by atoms with E-state index in [1.165, 1.54) is 11.1 Å². The molecular formula is C16H17N5O. The molecule has 2 heterocycles. The molecule has 0 unspecified atom stereocenters. The number of carbonyl (C=O) groups is 1. The van der Waals surface area contributed by atoms with Gasteiger partial charge in [0.2, 0.25) is 0 Å². The summed E-state index contributed by atoms with van der Waals surface area (Å²) in [5.41, 5.74) is 4.78. The summed E-state index contributed by atoms with van der Waals surface area (Å²) in [6.07, 6.45) is 2.52. The van der Waals surface area contributed by atoms with Gasteiger partial charge in [-0.2, -0.15) is 0 Å². The van der Waals surface area contributed by atoms with Crippen LogP contribution in [0.1, 0.15) is 28.4 Å². The Morgan fingerprint density at radius 3 is 2.91 bits per heavy atom. The maximum absolute atomic E-state index is 12.5. The summed E-state index contributed by atoms with van der Waals surface area (Å²) in [5.74, 6) is -0.209. The van der Waals surface area contributed by atoms with E-state index in [1.807, 2.05) is 18.2 Å². The van der Waals surface area contributed by atoms with Crippen molar-refractivity contribution >= 4 is 22.8 Å². The van der Waals surface area contributed by atoms with E-state index < -0.39 is 0 Å². The molecule has 0 saturated carbocycles. The van der Waals surface area contributed by atoms with E-state index in [0.29, 0.717) is 16.7 Å². The lowest BCUT2D eigenvalue weighted by Gasteiger charge is -2.09. The third-order valence-corrected chi connectivity index (χ3v) is 3.72. The van der Waals surface area contributed by atoms with Crippen LogP contribution in [0.2, 0.25) is 0 Å². The molecule has 0 saturated heterocycles. The van der Waals surface area contributed by atoms with Crippen LogP contribution in [0, 0.1) is 6.92 Å². The normalized spacial score (nSPS) is 10.9. The van der Waals surface area contributed by atoms with Crippen molar-refractivity contribution in [3.05, 3.63) is 47.2 Å². The summed E-state index contributed by atoms with van der Waals surface area (Å²) in [6.45, 7) is 4.16. The molecule has 0 aliphatic heterocycles. The second-order valence-electron chi connectivity index (χ2n) is 5.19. The van der Waals surface area contributed by atoms with Gasteiger partial charge in [0, 0.05) is 18.9 Å². The third kappa shape index (κ3) is 2.43. The van der Waals surface area contributed by atoms with Crippen molar-refractivity contribution in [2.75, 3.05) is 5.32 Å². The second-order valence-corrected chi connectivity index (χ2v) is 5.19. The number of hydrogen-bond acceptors (Lipinski definition) is 4. The van der Waals surface area contributed by atoms with Crippen LogP contribution >= 0.6 is 0 Å². The minimum Gasteiger partial charge on any atom is -0.322 e. The molecule has 1 N–H and O–H groups in total. The zero-order valence-corrected chi connectivity index (χ0v) is 12.8. The molecule has 0 radical (unpaired) electrons. The Morgan fingerprint density at radius 2 is 2.14 bits per heavy atom. The highest BCUT2D eigenvalue weighted by molar-refractivity contribution is 6.10. The number of aromatic nitrogens is 4. The molecule has 0 spiro atoms. The number of pyridine rings is 1. The average molecular weight is 295 g/mol. The van der Waals surface area contributed by atoms with Gasteiger partial charge in [0.05, 0.1) is 5.56 Å². The minimum absolute atomic E-state index is 0.209. The fraction of sp³-hybridized carbons (Fsp3) is 0.250. The third-order valence-electron chi connectivity index (χ3n) is 3.72. The summed E-state index contributed by atoms with van der Waals surface area (Å²) < 4.78 is 1.55. The predicted molar refractivity (Wildman–Crippen MR) is 84.8 cm³/mol. The van der Waals surface area contributed by atoms with E-state index in [0.717, 1.165) is 12.1 Å². The standard InChI is InChI=1S/C16H17N5O/c1-4-11-9-12(6-5-10(11)2)18-16(22)13-7-8-17-15-14(13)19-20-21(15)3/h5-9H,4H2,1-3H3,(H,18,22). The average Bonchev–Trinajstić information content (AvgIpc) is 2.90. The smallest absolute Gasteiger partial charge is 0.258 e. The molecule has 1 amide bonds. The summed E-state index contributed by atoms with van der Waals surface area (Å²) in [7, 11) is 1.75. The highest BCUT2D eigenvalue weighted by atomic mass is 16.1. The number of benzene rings is 1. The van der Waals surface area contributed by atoms with Crippen LogP contribution in [0.4, 0.5) is 5.69 Å². The summed E-state index contributed by atoms with van der Waals surface area (Å²) in [6, 6.07) is 7.57. The molecule has 6 nitrogen and oxygen atoms in total. The van der Waals surface area contributed by atoms with Crippen LogP contribution in [0.15, 0.2) is 30.5 Å². The van der Waals surface area contributed by atoms with Gasteiger partial charge in [-0.15, -0.1) is 5.10 Å². The Hall–Kier alpha value is -2.76. The van der Waals surface area contributed by atoms with Crippen molar-refractivity contribution in [3.8, 4) is 0 Å². The molecule has 112 valence electrons. The molecule has 2 aromatic heterocycles. The monoisotopic (exact) mass is 295 g/mol. The molecule has 22 heavy (non-hydrogen) atoms. The van der Waals surface area contributed by atoms with Crippen molar-refractivity contribution in [2.24, 2.45) is 7.05 Å². The molecule has 0 aliphatic rings. The Balaban J connectivity index is 1.94. The van der Waals surface area contributed by atoms with Gasteiger partial charge >= 0.3 is 0 Å². The molecule has 0 fully saturated rings. The maximum atomic E-state index is 12.5. The Kier molecular flexibility index (Phi) is 3.58. The van der Waals surface area contributed by atoms with Crippen LogP contribution in [-0.4, -0.2) is 25.9 Å². The topological polar surface area (TPSA) is 72.7 Å². The molecule has 0 atom stereocenters. The van der Waals surface area contributed by atoms with Gasteiger partial charge in [-0.3, -0.25) is 4.79 Å². The summed E-state index contributed by atoms with van der Waals surface area (Å²) in [4.78, 5) is 16.7. The Morgan fingerprint density at radius 1 is 1.32 bits per heavy atom. The van der Waals surface area contributed by atoms with Gasteiger partial charge in [0.25, 0.3) is 5.91 Å². The lowest BCUT2D eigenvalue weighted by atomic mass is 10.1. The van der Waals surface area contributed by atoms with Crippen LogP contribution in [0.5, 0.6) is 0 Å². The first-order chi connectivity index (χ1) is 10.6. The number of rotatable bonds is 3. The molecule has 3 rings (SSSR count). The van der Waals surface area contributed by atoms with E-state index in [-0.39, 0.29) is 5.91 Å². The van der Waals surface area contributed by atoms with E-state index in [9.17, 15) is 4.79 Å². The van der Waals surface area contributed by atoms with Crippen molar-refractivity contribution in [2.45, 2.75) is 20.3 Å². The number of aryl methyl sites for hydroxylation is 3. The predicted octanol–water partition coefficient (Wildman–Crippen LogP) is 2.49. The van der Waals surface area contributed by atoms with Gasteiger partial charge in [-0.1, -0.05) is 18.2 Å². The fourth-order valence-electron chi connectivity index (χ4n) is 2.44. The van der Waals surface area contributed by atoms with Crippen LogP contribution < -0.4 is 5.32 Å². The molecule has 0 bridgehead atoms. The zero-order valence-electron chi connectivity index (χ0n) is 12.8. The molecule has 3 aromatic rings. The van der Waals surface area contributed by atoms with Crippen molar-refractivity contribution in [3.63, 3.8) is 0 Å². The quantitative estimate of drug-likeness (QED) is 0.805. The second kappa shape index (κ2) is 5.55. The van der Waals surface area contributed by atoms with Crippen molar-refractivity contribution in [1.82, 2.24) is 20.0 Å². The number of nitrogens with zero attached hydrogens (tertiary/aromatic N) is 4. The number of amides is 1. The van der Waals surface area contributed by atoms with Crippen LogP contribution in [0.3, 0.4) is 0 Å². The minimum atomic E-state index is -0.209. The van der Waals surface area contributed by atoms with Crippen molar-refractivity contribution < 1.29 is 4.79 Å². The largest absolute Gasteiger partial charge is 0.322 e. The number of carbonyl (C=O) groups excluding carboxylic acids is 1. The van der Waals surface area contributed by atoms with E-state index in [2.05, 4.69) is 34.5 Å². The van der Waals surface area contributed by atoms with Gasteiger partial charge < -0.3 is 5.32 Å². The van der Waals surface area contributed by atoms with E-state index in [4.69, 9.17) is 0 Å². The first kappa shape index (κ1) is 14.2.